The smallest absolute Gasteiger partial charge is 0.259 e. The second kappa shape index (κ2) is 8.80. The van der Waals surface area contributed by atoms with Crippen LogP contribution in [0.2, 0.25) is 5.02 Å². The van der Waals surface area contributed by atoms with Crippen LogP contribution in [0, 0.1) is 0 Å². The van der Waals surface area contributed by atoms with Crippen LogP contribution >= 0.6 is 24.0 Å². The number of carbonyl (C=O) groups is 1. The molecule has 1 N–H and O–H groups in total. The minimum atomic E-state index is -0.162. The molecule has 9 heteroatoms. The van der Waals surface area contributed by atoms with Gasteiger partial charge in [0, 0.05) is 53.9 Å². The number of aryl methyl sites for hydroxylation is 1. The lowest BCUT2D eigenvalue weighted by atomic mass is 10.1. The Balaban J connectivity index is 0.00000240. The molecule has 152 valence electrons. The summed E-state index contributed by atoms with van der Waals surface area (Å²) in [6, 6.07) is 9.26. The summed E-state index contributed by atoms with van der Waals surface area (Å²) in [5.41, 5.74) is 1.61. The summed E-state index contributed by atoms with van der Waals surface area (Å²) in [5.74, 6) is 0.484. The van der Waals surface area contributed by atoms with Crippen LogP contribution in [0.5, 0.6) is 0 Å². The minimum absolute atomic E-state index is 0. The number of halogens is 2. The van der Waals surface area contributed by atoms with E-state index in [2.05, 4.69) is 15.3 Å². The number of anilines is 1. The second-order valence-electron chi connectivity index (χ2n) is 6.93. The van der Waals surface area contributed by atoms with Crippen LogP contribution in [0.25, 0.3) is 22.2 Å². The quantitative estimate of drug-likeness (QED) is 0.639. The van der Waals surface area contributed by atoms with E-state index < -0.39 is 0 Å². The largest absolute Gasteiger partial charge is 0.351 e. The molecular weight excluding hydrogens is 413 g/mol. The van der Waals surface area contributed by atoms with Gasteiger partial charge in [-0.15, -0.1) is 12.4 Å². The van der Waals surface area contributed by atoms with Gasteiger partial charge in [-0.2, -0.15) is 4.98 Å². The first-order valence-electron chi connectivity index (χ1n) is 9.14. The highest BCUT2D eigenvalue weighted by atomic mass is 35.5. The molecule has 4 rings (SSSR count). The average Bonchev–Trinajstić information content (AvgIpc) is 2.72. The van der Waals surface area contributed by atoms with Crippen molar-refractivity contribution in [2.45, 2.75) is 18.9 Å². The number of benzene rings is 1. The number of pyridine rings is 1. The first kappa shape index (κ1) is 21.1. The molecule has 0 atom stereocenters. The maximum atomic E-state index is 12.9. The van der Waals surface area contributed by atoms with Gasteiger partial charge in [0.05, 0.1) is 0 Å². The molecule has 0 spiro atoms. The van der Waals surface area contributed by atoms with Crippen LogP contribution in [-0.2, 0) is 11.8 Å². The molecule has 3 heterocycles. The van der Waals surface area contributed by atoms with Gasteiger partial charge in [0.25, 0.3) is 5.56 Å². The molecule has 1 aromatic carbocycles. The van der Waals surface area contributed by atoms with Crippen molar-refractivity contribution in [1.29, 1.82) is 0 Å². The van der Waals surface area contributed by atoms with Gasteiger partial charge < -0.3 is 10.2 Å². The number of nitrogens with one attached hydrogen (secondary N) is 1. The molecule has 0 unspecified atom stereocenters. The van der Waals surface area contributed by atoms with E-state index in [1.54, 1.807) is 30.3 Å². The van der Waals surface area contributed by atoms with Crippen molar-refractivity contribution in [3.63, 3.8) is 0 Å². The van der Waals surface area contributed by atoms with Gasteiger partial charge >= 0.3 is 0 Å². The highest BCUT2D eigenvalue weighted by Gasteiger charge is 2.19. The lowest BCUT2D eigenvalue weighted by Gasteiger charge is -2.29. The van der Waals surface area contributed by atoms with Crippen LogP contribution in [0.4, 0.5) is 5.95 Å². The summed E-state index contributed by atoms with van der Waals surface area (Å²) in [7, 11) is 1.70. The summed E-state index contributed by atoms with van der Waals surface area (Å²) >= 11 is 6.27. The SMILES string of the molecule is Cl.Cn1c(=O)c(-c2ccccc2Cl)cc2cnc(NC3CCN(C=O)CC3)nc21. The maximum absolute atomic E-state index is 12.9. The Bertz CT molecular complexity index is 1090. The number of fused-ring (bicyclic) bond motifs is 1. The first-order chi connectivity index (χ1) is 13.6. The number of hydrogen-bond acceptors (Lipinski definition) is 5. The second-order valence-corrected chi connectivity index (χ2v) is 7.34. The number of likely N-dealkylation sites (tertiary alicyclic amines) is 1. The normalized spacial score (nSPS) is 14.5. The zero-order chi connectivity index (χ0) is 19.7. The summed E-state index contributed by atoms with van der Waals surface area (Å²) < 4.78 is 1.52. The van der Waals surface area contributed by atoms with Crippen molar-refractivity contribution < 1.29 is 4.79 Å². The Labute approximate surface area is 179 Å². The van der Waals surface area contributed by atoms with Gasteiger partial charge in [0.1, 0.15) is 5.65 Å². The molecule has 1 aliphatic heterocycles. The average molecular weight is 434 g/mol. The third-order valence-corrected chi connectivity index (χ3v) is 5.45. The Morgan fingerprint density at radius 2 is 1.93 bits per heavy atom. The minimum Gasteiger partial charge on any atom is -0.351 e. The zero-order valence-electron chi connectivity index (χ0n) is 15.8. The number of carbonyl (C=O) groups excluding carboxylic acids is 1. The van der Waals surface area contributed by atoms with Crippen LogP contribution < -0.4 is 10.9 Å². The molecule has 7 nitrogen and oxygen atoms in total. The number of rotatable bonds is 4. The lowest BCUT2D eigenvalue weighted by molar-refractivity contribution is -0.118. The van der Waals surface area contributed by atoms with Gasteiger partial charge in [-0.1, -0.05) is 29.8 Å². The highest BCUT2D eigenvalue weighted by molar-refractivity contribution is 6.33. The molecule has 0 bridgehead atoms. The Hall–Kier alpha value is -2.64. The standard InChI is InChI=1S/C20H20ClN5O2.ClH/c1-25-18-13(10-16(19(25)28)15-4-2-3-5-17(15)21)11-22-20(24-18)23-14-6-8-26(12-27)9-7-14;/h2-5,10-12,14H,6-9H2,1H3,(H,22,23,24);1H. The van der Waals surface area contributed by atoms with Gasteiger partial charge in [-0.05, 0) is 25.0 Å². The number of aromatic nitrogens is 3. The van der Waals surface area contributed by atoms with Crippen LogP contribution in [-0.4, -0.2) is 45.0 Å². The fourth-order valence-electron chi connectivity index (χ4n) is 3.52. The number of nitrogens with zero attached hydrogens (tertiary/aromatic N) is 4. The molecule has 1 amide bonds. The molecule has 2 aromatic heterocycles. The predicted octanol–water partition coefficient (Wildman–Crippen LogP) is 3.10. The third kappa shape index (κ3) is 4.21. The van der Waals surface area contributed by atoms with E-state index in [0.29, 0.717) is 40.8 Å². The van der Waals surface area contributed by atoms with E-state index in [-0.39, 0.29) is 24.0 Å². The molecule has 1 aliphatic rings. The van der Waals surface area contributed by atoms with E-state index in [0.717, 1.165) is 24.6 Å². The predicted molar refractivity (Wildman–Crippen MR) is 117 cm³/mol. The van der Waals surface area contributed by atoms with Crippen molar-refractivity contribution in [2.24, 2.45) is 7.05 Å². The molecule has 29 heavy (non-hydrogen) atoms. The molecular formula is C20H21Cl2N5O2. The fourth-order valence-corrected chi connectivity index (χ4v) is 3.76. The van der Waals surface area contributed by atoms with Crippen LogP contribution in [0.3, 0.4) is 0 Å². The number of amides is 1. The van der Waals surface area contributed by atoms with Crippen molar-refractivity contribution in [3.8, 4) is 11.1 Å². The van der Waals surface area contributed by atoms with Crippen molar-refractivity contribution >= 4 is 47.4 Å². The monoisotopic (exact) mass is 433 g/mol. The molecule has 3 aromatic rings. The van der Waals surface area contributed by atoms with E-state index >= 15 is 0 Å². The summed E-state index contributed by atoms with van der Waals surface area (Å²) in [4.78, 5) is 34.5. The third-order valence-electron chi connectivity index (χ3n) is 5.12. The number of hydrogen-bond donors (Lipinski definition) is 1. The van der Waals surface area contributed by atoms with E-state index in [9.17, 15) is 9.59 Å². The molecule has 0 radical (unpaired) electrons. The van der Waals surface area contributed by atoms with E-state index in [4.69, 9.17) is 11.6 Å². The Morgan fingerprint density at radius 1 is 1.21 bits per heavy atom. The summed E-state index contributed by atoms with van der Waals surface area (Å²) in [6.45, 7) is 1.43. The van der Waals surface area contributed by atoms with E-state index in [1.807, 2.05) is 18.2 Å². The number of piperidine rings is 1. The Kier molecular flexibility index (Phi) is 6.39. The van der Waals surface area contributed by atoms with Gasteiger partial charge in [0.15, 0.2) is 0 Å². The molecule has 1 saturated heterocycles. The summed E-state index contributed by atoms with van der Waals surface area (Å²) in [6.07, 6.45) is 4.27. The van der Waals surface area contributed by atoms with Crippen molar-refractivity contribution in [1.82, 2.24) is 19.4 Å². The van der Waals surface area contributed by atoms with Gasteiger partial charge in [0.2, 0.25) is 12.4 Å². The fraction of sp³-hybridized carbons (Fsp3) is 0.300. The van der Waals surface area contributed by atoms with Crippen molar-refractivity contribution in [3.05, 3.63) is 51.9 Å². The zero-order valence-corrected chi connectivity index (χ0v) is 17.4. The molecule has 1 fully saturated rings. The summed E-state index contributed by atoms with van der Waals surface area (Å²) in [5, 5.41) is 4.61. The Morgan fingerprint density at radius 3 is 2.62 bits per heavy atom. The van der Waals surface area contributed by atoms with Crippen molar-refractivity contribution in [2.75, 3.05) is 18.4 Å². The van der Waals surface area contributed by atoms with Crippen LogP contribution in [0.15, 0.2) is 41.3 Å². The molecule has 0 aliphatic carbocycles. The molecule has 0 saturated carbocycles. The topological polar surface area (TPSA) is 80.1 Å². The van der Waals surface area contributed by atoms with Gasteiger partial charge in [-0.3, -0.25) is 14.2 Å². The van der Waals surface area contributed by atoms with Crippen LogP contribution in [0.1, 0.15) is 12.8 Å². The van der Waals surface area contributed by atoms with E-state index in [1.165, 1.54) is 4.57 Å². The highest BCUT2D eigenvalue weighted by Crippen LogP contribution is 2.27. The lowest BCUT2D eigenvalue weighted by Crippen LogP contribution is -2.38. The first-order valence-corrected chi connectivity index (χ1v) is 9.52. The maximum Gasteiger partial charge on any atom is 0.259 e. The van der Waals surface area contributed by atoms with Gasteiger partial charge in [-0.25, -0.2) is 4.98 Å².